The molecule has 4 aliphatic rings. The molecule has 0 spiro atoms. The van der Waals surface area contributed by atoms with Crippen LogP contribution < -0.4 is 5.32 Å². The molecule has 1 N–H and O–H groups in total. The lowest BCUT2D eigenvalue weighted by molar-refractivity contribution is -0.163. The first kappa shape index (κ1) is 34.8. The summed E-state index contributed by atoms with van der Waals surface area (Å²) in [4.78, 5) is 20.9. The zero-order chi connectivity index (χ0) is 32.0. The molecule has 1 aromatic rings. The van der Waals surface area contributed by atoms with Crippen LogP contribution in [-0.2, 0) is 31.8 Å². The number of nitrogens with zero attached hydrogens (tertiary/aromatic N) is 2. The summed E-state index contributed by atoms with van der Waals surface area (Å²) in [7, 11) is 0. The maximum atomic E-state index is 16.3. The van der Waals surface area contributed by atoms with E-state index in [0.29, 0.717) is 26.1 Å². The highest BCUT2D eigenvalue weighted by atomic mass is 127. The molecule has 0 aromatic carbocycles. The summed E-state index contributed by atoms with van der Waals surface area (Å²) in [5, 5.41) is 3.41. The maximum Gasteiger partial charge on any atom is 0.324 e. The van der Waals surface area contributed by atoms with Crippen LogP contribution in [-0.4, -0.2) is 78.7 Å². The number of anilines is 1. The van der Waals surface area contributed by atoms with Crippen LogP contribution in [0.1, 0.15) is 90.3 Å². The van der Waals surface area contributed by atoms with Crippen LogP contribution in [0.3, 0.4) is 0 Å². The number of allylic oxidation sites excluding steroid dienone is 3. The maximum absolute atomic E-state index is 16.3. The van der Waals surface area contributed by atoms with E-state index in [1.54, 1.807) is 6.92 Å². The third-order valence-electron chi connectivity index (χ3n) is 9.82. The van der Waals surface area contributed by atoms with Crippen LogP contribution in [0.15, 0.2) is 33.4 Å². The number of fused-ring (bicyclic) bond motifs is 1. The van der Waals surface area contributed by atoms with Crippen LogP contribution in [0.25, 0.3) is 0 Å². The Morgan fingerprint density at radius 1 is 1.18 bits per heavy atom. The SMILES string of the molecule is CC(C)(C)OC(=O)C(C1CC(I)=CC=C1COC1CCOCC1)N1CC[C@@H](C(C)(F)CCCCc2ccc3c(n2)NCCC3)C1. The van der Waals surface area contributed by atoms with Crippen LogP contribution in [0, 0.1) is 11.8 Å². The van der Waals surface area contributed by atoms with Crippen LogP contribution >= 0.6 is 22.6 Å². The van der Waals surface area contributed by atoms with Crippen molar-refractivity contribution >= 4 is 34.4 Å². The minimum atomic E-state index is -1.30. The molecule has 3 unspecified atom stereocenters. The van der Waals surface area contributed by atoms with Crippen molar-refractivity contribution in [1.29, 1.82) is 0 Å². The lowest BCUT2D eigenvalue weighted by atomic mass is 9.83. The van der Waals surface area contributed by atoms with Crippen molar-refractivity contribution < 1.29 is 23.4 Å². The summed E-state index contributed by atoms with van der Waals surface area (Å²) in [6.07, 6.45) is 13.1. The summed E-state index contributed by atoms with van der Waals surface area (Å²) in [6, 6.07) is 3.85. The van der Waals surface area contributed by atoms with Crippen molar-refractivity contribution in [2.24, 2.45) is 11.8 Å². The van der Waals surface area contributed by atoms with E-state index < -0.39 is 17.3 Å². The number of rotatable bonds is 12. The molecule has 0 amide bonds. The van der Waals surface area contributed by atoms with Gasteiger partial charge in [-0.25, -0.2) is 9.37 Å². The number of hydrogen-bond donors (Lipinski definition) is 1. The number of aryl methyl sites for hydroxylation is 2. The molecule has 4 heterocycles. The number of carbonyl (C=O) groups excluding carboxylic acids is 1. The molecule has 0 saturated carbocycles. The summed E-state index contributed by atoms with van der Waals surface area (Å²) >= 11 is 2.37. The molecule has 0 bridgehead atoms. The number of aromatic nitrogens is 1. The molecule has 2 fully saturated rings. The molecule has 2 saturated heterocycles. The van der Waals surface area contributed by atoms with Gasteiger partial charge in [0.25, 0.3) is 0 Å². The van der Waals surface area contributed by atoms with Gasteiger partial charge in [0, 0.05) is 43.8 Å². The van der Waals surface area contributed by atoms with E-state index in [1.807, 2.05) is 20.8 Å². The average Bonchev–Trinajstić information content (AvgIpc) is 3.49. The number of nitrogens with one attached hydrogen (secondary N) is 1. The summed E-state index contributed by atoms with van der Waals surface area (Å²) in [6.45, 7) is 11.7. The van der Waals surface area contributed by atoms with Crippen molar-refractivity contribution in [2.45, 2.75) is 115 Å². The molecule has 45 heavy (non-hydrogen) atoms. The van der Waals surface area contributed by atoms with Crippen LogP contribution in [0.4, 0.5) is 10.2 Å². The Bertz CT molecular complexity index is 1220. The van der Waals surface area contributed by atoms with E-state index in [2.05, 4.69) is 57.1 Å². The first-order valence-corrected chi connectivity index (χ1v) is 18.2. The van der Waals surface area contributed by atoms with Crippen molar-refractivity contribution in [3.05, 3.63) is 44.7 Å². The van der Waals surface area contributed by atoms with Gasteiger partial charge in [-0.15, -0.1) is 0 Å². The van der Waals surface area contributed by atoms with E-state index in [0.717, 1.165) is 94.6 Å². The van der Waals surface area contributed by atoms with Gasteiger partial charge in [-0.1, -0.05) is 18.2 Å². The standard InChI is InChI=1S/C36H53FIN3O4/c1-35(2,3)45-34(42)32(31-22-28(38)12-10-26(31)24-44-30-15-20-43-21-16-30)41-19-14-27(23-41)36(4,37)17-6-5-9-29-13-11-25-8-7-18-39-33(25)40-29/h10-13,27,30-32H,5-9,14-24H2,1-4H3,(H,39,40)/t27-,31?,32?,36?/m1/s1. The number of esters is 1. The van der Waals surface area contributed by atoms with E-state index in [4.69, 9.17) is 19.2 Å². The molecule has 7 nitrogen and oxygen atoms in total. The topological polar surface area (TPSA) is 72.9 Å². The monoisotopic (exact) mass is 737 g/mol. The Labute approximate surface area is 283 Å². The average molecular weight is 738 g/mol. The fourth-order valence-corrected chi connectivity index (χ4v) is 7.86. The largest absolute Gasteiger partial charge is 0.459 e. The minimum Gasteiger partial charge on any atom is -0.459 e. The van der Waals surface area contributed by atoms with E-state index in [-0.39, 0.29) is 23.9 Å². The van der Waals surface area contributed by atoms with Gasteiger partial charge in [0.05, 0.1) is 12.7 Å². The van der Waals surface area contributed by atoms with Gasteiger partial charge in [0.15, 0.2) is 0 Å². The lowest BCUT2D eigenvalue weighted by Crippen LogP contribution is -2.49. The second-order valence-electron chi connectivity index (χ2n) is 14.6. The van der Waals surface area contributed by atoms with Gasteiger partial charge in [0.1, 0.15) is 23.1 Å². The molecule has 1 aliphatic carbocycles. The number of hydrogen-bond acceptors (Lipinski definition) is 7. The van der Waals surface area contributed by atoms with Crippen LogP contribution in [0.2, 0.25) is 0 Å². The number of halogens is 2. The van der Waals surface area contributed by atoms with Crippen molar-refractivity contribution in [2.75, 3.05) is 44.8 Å². The smallest absolute Gasteiger partial charge is 0.324 e. The third kappa shape index (κ3) is 9.73. The zero-order valence-electron chi connectivity index (χ0n) is 27.7. The van der Waals surface area contributed by atoms with Gasteiger partial charge in [0.2, 0.25) is 0 Å². The van der Waals surface area contributed by atoms with Gasteiger partial charge in [-0.3, -0.25) is 9.69 Å². The summed E-state index contributed by atoms with van der Waals surface area (Å²) < 4.78 is 35.4. The van der Waals surface area contributed by atoms with Crippen LogP contribution in [0.5, 0.6) is 0 Å². The van der Waals surface area contributed by atoms with Gasteiger partial charge < -0.3 is 19.5 Å². The van der Waals surface area contributed by atoms with Gasteiger partial charge in [-0.2, -0.15) is 0 Å². The normalized spacial score (nSPS) is 25.0. The van der Waals surface area contributed by atoms with Gasteiger partial charge in [-0.05, 0) is 142 Å². The molecule has 5 rings (SSSR count). The first-order chi connectivity index (χ1) is 21.5. The van der Waals surface area contributed by atoms with Crippen molar-refractivity contribution in [3.8, 4) is 0 Å². The highest BCUT2D eigenvalue weighted by Gasteiger charge is 2.46. The fraction of sp³-hybridized carbons (Fsp3) is 0.722. The predicted octanol–water partition coefficient (Wildman–Crippen LogP) is 7.37. The Morgan fingerprint density at radius 3 is 2.76 bits per heavy atom. The summed E-state index contributed by atoms with van der Waals surface area (Å²) in [5.74, 6) is 0.609. The number of ether oxygens (including phenoxy) is 3. The van der Waals surface area contributed by atoms with E-state index >= 15 is 4.39 Å². The molecular weight excluding hydrogens is 684 g/mol. The number of alkyl halides is 1. The van der Waals surface area contributed by atoms with E-state index in [9.17, 15) is 4.79 Å². The Balaban J connectivity index is 1.21. The molecule has 0 radical (unpaired) electrons. The molecule has 4 atom stereocenters. The Kier molecular flexibility index (Phi) is 12.0. The minimum absolute atomic E-state index is 0.0696. The Hall–Kier alpha value is -1.56. The molecular formula is C36H53FIN3O4. The fourth-order valence-electron chi connectivity index (χ4n) is 7.21. The third-order valence-corrected chi connectivity index (χ3v) is 10.6. The number of unbranched alkanes of at least 4 members (excludes halogenated alkanes) is 1. The molecule has 9 heteroatoms. The quantitative estimate of drug-likeness (QED) is 0.137. The highest BCUT2D eigenvalue weighted by Crippen LogP contribution is 2.40. The summed E-state index contributed by atoms with van der Waals surface area (Å²) in [5.41, 5.74) is 1.59. The van der Waals surface area contributed by atoms with Crippen molar-refractivity contribution in [3.63, 3.8) is 0 Å². The highest BCUT2D eigenvalue weighted by molar-refractivity contribution is 14.1. The second-order valence-corrected chi connectivity index (χ2v) is 16.0. The Morgan fingerprint density at radius 2 is 1.98 bits per heavy atom. The first-order valence-electron chi connectivity index (χ1n) is 17.1. The lowest BCUT2D eigenvalue weighted by Gasteiger charge is -2.38. The van der Waals surface area contributed by atoms with E-state index in [1.165, 1.54) is 9.14 Å². The molecule has 3 aliphatic heterocycles. The number of pyridine rings is 1. The second kappa shape index (κ2) is 15.6. The van der Waals surface area contributed by atoms with Gasteiger partial charge >= 0.3 is 5.97 Å². The number of carbonyl (C=O) groups is 1. The van der Waals surface area contributed by atoms with Crippen molar-refractivity contribution in [1.82, 2.24) is 9.88 Å². The predicted molar refractivity (Wildman–Crippen MR) is 186 cm³/mol. The molecule has 250 valence electrons. The number of likely N-dealkylation sites (tertiary alicyclic amines) is 1. The zero-order valence-corrected chi connectivity index (χ0v) is 29.9. The molecule has 1 aromatic heterocycles.